The third-order valence-corrected chi connectivity index (χ3v) is 15.3. The Hall–Kier alpha value is -8.78. The highest BCUT2D eigenvalue weighted by molar-refractivity contribution is 6.01. The van der Waals surface area contributed by atoms with Gasteiger partial charge in [-0.15, -0.1) is 0 Å². The number of nitrogens with zero attached hydrogens (tertiary/aromatic N) is 1. The summed E-state index contributed by atoms with van der Waals surface area (Å²) < 4.78 is 0. The monoisotopic (exact) mass is 919 g/mol. The van der Waals surface area contributed by atoms with Crippen LogP contribution in [0.15, 0.2) is 267 Å². The smallest absolute Gasteiger partial charge is 0.0719 e. The van der Waals surface area contributed by atoms with Gasteiger partial charge in [0.15, 0.2) is 0 Å². The van der Waals surface area contributed by atoms with Crippen molar-refractivity contribution in [1.82, 2.24) is 0 Å². The van der Waals surface area contributed by atoms with Crippen LogP contribution in [0.1, 0.15) is 48.6 Å². The van der Waals surface area contributed by atoms with Gasteiger partial charge in [0.1, 0.15) is 0 Å². The minimum Gasteiger partial charge on any atom is -0.311 e. The molecule has 0 heterocycles. The van der Waals surface area contributed by atoms with Crippen LogP contribution in [-0.4, -0.2) is 0 Å². The Labute approximate surface area is 423 Å². The molecule has 0 spiro atoms. The van der Waals surface area contributed by atoms with Gasteiger partial charge >= 0.3 is 0 Å². The van der Waals surface area contributed by atoms with Crippen LogP contribution in [-0.2, 0) is 10.8 Å². The SMILES string of the molecule is CC(C)(C)c1ccc(C2(c3cccc4ccccc34)c3ccccc3-c3c(-c4ccc(N(c5ccc(-c6cccc7ccccc67)cc5)c5ccc(-c6cccc7ccccc67)cc5)cc4)cccc32)cc1. The van der Waals surface area contributed by atoms with Crippen LogP contribution in [0.3, 0.4) is 0 Å². The molecule has 1 nitrogen and oxygen atoms in total. The van der Waals surface area contributed by atoms with Gasteiger partial charge in [0, 0.05) is 17.1 Å². The summed E-state index contributed by atoms with van der Waals surface area (Å²) in [7, 11) is 0. The number of hydrogen-bond acceptors (Lipinski definition) is 1. The molecular weight excluding hydrogens is 867 g/mol. The number of rotatable bonds is 8. The second kappa shape index (κ2) is 17.3. The van der Waals surface area contributed by atoms with Crippen LogP contribution in [0.2, 0.25) is 0 Å². The Morgan fingerprint density at radius 1 is 0.292 bits per heavy atom. The predicted molar refractivity (Wildman–Crippen MR) is 306 cm³/mol. The molecule has 0 aromatic heterocycles. The molecule has 0 aliphatic heterocycles. The molecule has 0 amide bonds. The highest BCUT2D eigenvalue weighted by Crippen LogP contribution is 2.59. The van der Waals surface area contributed by atoms with E-state index in [0.717, 1.165) is 17.1 Å². The first-order chi connectivity index (χ1) is 35.3. The maximum atomic E-state index is 2.40. The van der Waals surface area contributed by atoms with Gasteiger partial charge in [-0.1, -0.05) is 251 Å². The Balaban J connectivity index is 0.952. The number of fused-ring (bicyclic) bond motifs is 6. The van der Waals surface area contributed by atoms with Crippen LogP contribution in [0.25, 0.3) is 76.8 Å². The fraction of sp³-hybridized carbons (Fsp3) is 0.0704. The first kappa shape index (κ1) is 43.3. The summed E-state index contributed by atoms with van der Waals surface area (Å²) in [6.07, 6.45) is 0. The van der Waals surface area contributed by atoms with Gasteiger partial charge in [0.2, 0.25) is 0 Å². The van der Waals surface area contributed by atoms with E-state index in [0.29, 0.717) is 0 Å². The van der Waals surface area contributed by atoms with E-state index in [1.807, 2.05) is 0 Å². The molecule has 0 N–H and O–H groups in total. The Morgan fingerprint density at radius 3 is 1.21 bits per heavy atom. The van der Waals surface area contributed by atoms with Gasteiger partial charge < -0.3 is 4.90 Å². The molecule has 0 fully saturated rings. The lowest BCUT2D eigenvalue weighted by molar-refractivity contribution is 0.589. The van der Waals surface area contributed by atoms with Gasteiger partial charge in [-0.3, -0.25) is 0 Å². The number of anilines is 3. The van der Waals surface area contributed by atoms with E-state index in [4.69, 9.17) is 0 Å². The van der Waals surface area contributed by atoms with Crippen LogP contribution in [0.4, 0.5) is 17.1 Å². The molecular formula is C71H53N. The molecule has 1 aliphatic carbocycles. The maximum Gasteiger partial charge on any atom is 0.0719 e. The number of hydrogen-bond donors (Lipinski definition) is 0. The molecule has 1 aliphatic rings. The lowest BCUT2D eigenvalue weighted by Gasteiger charge is -2.35. The highest BCUT2D eigenvalue weighted by atomic mass is 15.1. The summed E-state index contributed by atoms with van der Waals surface area (Å²) in [5.41, 5.74) is 19.1. The molecule has 1 heteroatoms. The van der Waals surface area contributed by atoms with Crippen LogP contribution < -0.4 is 4.90 Å². The van der Waals surface area contributed by atoms with Crippen molar-refractivity contribution in [2.75, 3.05) is 4.90 Å². The zero-order valence-electron chi connectivity index (χ0n) is 40.9. The van der Waals surface area contributed by atoms with Crippen molar-refractivity contribution in [1.29, 1.82) is 0 Å². The summed E-state index contributed by atoms with van der Waals surface area (Å²) in [5, 5.41) is 7.52. The normalized spacial score (nSPS) is 14.1. The maximum absolute atomic E-state index is 2.40. The molecule has 12 aromatic carbocycles. The average Bonchev–Trinajstić information content (AvgIpc) is 3.74. The Bertz CT molecular complexity index is 3850. The summed E-state index contributed by atoms with van der Waals surface area (Å²) in [4.78, 5) is 2.39. The van der Waals surface area contributed by atoms with E-state index in [2.05, 4.69) is 293 Å². The highest BCUT2D eigenvalue weighted by Gasteiger charge is 2.47. The van der Waals surface area contributed by atoms with Crippen LogP contribution in [0, 0.1) is 0 Å². The van der Waals surface area contributed by atoms with Gasteiger partial charge in [0.25, 0.3) is 0 Å². The largest absolute Gasteiger partial charge is 0.311 e. The molecule has 13 rings (SSSR count). The van der Waals surface area contributed by atoms with Gasteiger partial charge in [-0.05, 0) is 146 Å². The van der Waals surface area contributed by atoms with Gasteiger partial charge in [0.05, 0.1) is 5.41 Å². The minimum atomic E-state index is -0.549. The molecule has 12 aromatic rings. The quantitative estimate of drug-likeness (QED) is 0.147. The summed E-state index contributed by atoms with van der Waals surface area (Å²) in [5.74, 6) is 0. The second-order valence-corrected chi connectivity index (χ2v) is 20.4. The molecule has 1 atom stereocenters. The molecule has 0 saturated carbocycles. The molecule has 72 heavy (non-hydrogen) atoms. The lowest BCUT2D eigenvalue weighted by Crippen LogP contribution is -2.29. The molecule has 0 saturated heterocycles. The van der Waals surface area contributed by atoms with E-state index in [-0.39, 0.29) is 5.41 Å². The standard InChI is InChI=1S/C71H53N/c1-70(2,3)54-38-40-55(41-39-54)71(66-30-14-21-50-18-6-9-24-63(50)66)67-29-11-10-25-65(67)69-64(28-15-31-68(69)71)53-36-46-58(47-37-53)72(56-42-32-51(33-43-56)61-26-12-19-48-16-4-7-22-59(48)61)57-44-34-52(35-45-57)62-27-13-20-49-17-5-8-23-60(49)62/h4-47H,1-3H3. The second-order valence-electron chi connectivity index (χ2n) is 20.4. The van der Waals surface area contributed by atoms with E-state index in [1.165, 1.54) is 105 Å². The zero-order chi connectivity index (χ0) is 48.4. The van der Waals surface area contributed by atoms with Crippen molar-refractivity contribution >= 4 is 49.4 Å². The van der Waals surface area contributed by atoms with Crippen LogP contribution in [0.5, 0.6) is 0 Å². The van der Waals surface area contributed by atoms with E-state index in [1.54, 1.807) is 0 Å². The summed E-state index contributed by atoms with van der Waals surface area (Å²) >= 11 is 0. The first-order valence-electron chi connectivity index (χ1n) is 25.2. The van der Waals surface area contributed by atoms with E-state index in [9.17, 15) is 0 Å². The third kappa shape index (κ3) is 7.07. The fourth-order valence-corrected chi connectivity index (χ4v) is 11.9. The van der Waals surface area contributed by atoms with Crippen molar-refractivity contribution in [2.45, 2.75) is 31.6 Å². The van der Waals surface area contributed by atoms with Gasteiger partial charge in [-0.25, -0.2) is 0 Å². The first-order valence-corrected chi connectivity index (χ1v) is 25.2. The molecule has 0 radical (unpaired) electrons. The Morgan fingerprint density at radius 2 is 0.667 bits per heavy atom. The van der Waals surface area contributed by atoms with E-state index < -0.39 is 5.41 Å². The van der Waals surface area contributed by atoms with Crippen LogP contribution >= 0.6 is 0 Å². The van der Waals surface area contributed by atoms with E-state index >= 15 is 0 Å². The third-order valence-electron chi connectivity index (χ3n) is 15.3. The predicted octanol–water partition coefficient (Wildman–Crippen LogP) is 19.3. The fourth-order valence-electron chi connectivity index (χ4n) is 11.9. The average molecular weight is 920 g/mol. The van der Waals surface area contributed by atoms with Gasteiger partial charge in [-0.2, -0.15) is 0 Å². The molecule has 1 unspecified atom stereocenters. The van der Waals surface area contributed by atoms with Crippen molar-refractivity contribution in [3.05, 3.63) is 295 Å². The lowest BCUT2D eigenvalue weighted by atomic mass is 9.66. The van der Waals surface area contributed by atoms with Crippen molar-refractivity contribution in [2.24, 2.45) is 0 Å². The zero-order valence-corrected chi connectivity index (χ0v) is 40.9. The minimum absolute atomic E-state index is 0.0352. The molecule has 0 bridgehead atoms. The topological polar surface area (TPSA) is 3.24 Å². The van der Waals surface area contributed by atoms with Crippen molar-refractivity contribution in [3.8, 4) is 44.5 Å². The summed E-state index contributed by atoms with van der Waals surface area (Å²) in [6.45, 7) is 6.89. The number of benzene rings is 12. The Kier molecular flexibility index (Phi) is 10.4. The van der Waals surface area contributed by atoms with Crippen molar-refractivity contribution in [3.63, 3.8) is 0 Å². The molecule has 342 valence electrons. The van der Waals surface area contributed by atoms with Crippen molar-refractivity contribution < 1.29 is 0 Å². The summed E-state index contributed by atoms with van der Waals surface area (Å²) in [6, 6.07) is 99.2.